The van der Waals surface area contributed by atoms with Gasteiger partial charge in [0.2, 0.25) is 5.89 Å². The first-order valence-corrected chi connectivity index (χ1v) is 9.74. The van der Waals surface area contributed by atoms with Crippen molar-refractivity contribution in [2.45, 2.75) is 40.2 Å². The molecule has 1 fully saturated rings. The van der Waals surface area contributed by atoms with Gasteiger partial charge in [0.05, 0.1) is 13.2 Å². The summed E-state index contributed by atoms with van der Waals surface area (Å²) in [5, 5.41) is 2.77. The zero-order valence-electron chi connectivity index (χ0n) is 16.7. The summed E-state index contributed by atoms with van der Waals surface area (Å²) >= 11 is 0. The maximum Gasteiger partial charge on any atom is 0.276 e. The minimum Gasteiger partial charge on any atom is -0.494 e. The van der Waals surface area contributed by atoms with Crippen LogP contribution in [-0.2, 0) is 6.54 Å². The largest absolute Gasteiger partial charge is 0.494 e. The molecule has 1 aliphatic rings. The van der Waals surface area contributed by atoms with Gasteiger partial charge in [-0.1, -0.05) is 6.92 Å². The molecule has 1 saturated heterocycles. The second-order valence-electron chi connectivity index (χ2n) is 7.13. The van der Waals surface area contributed by atoms with E-state index in [4.69, 9.17) is 9.15 Å². The zero-order valence-corrected chi connectivity index (χ0v) is 16.7. The number of carbonyl (C=O) groups excluding carboxylic acids is 2. The Kier molecular flexibility index (Phi) is 6.34. The Labute approximate surface area is 165 Å². The molecule has 2 amide bonds. The summed E-state index contributed by atoms with van der Waals surface area (Å²) in [5.74, 6) is 1.84. The summed E-state index contributed by atoms with van der Waals surface area (Å²) in [7, 11) is 0. The van der Waals surface area contributed by atoms with E-state index in [0.29, 0.717) is 35.4 Å². The highest BCUT2D eigenvalue weighted by Crippen LogP contribution is 2.20. The topological polar surface area (TPSA) is 84.7 Å². The second kappa shape index (κ2) is 8.91. The molecule has 0 bridgehead atoms. The fraction of sp³-hybridized carbons (Fsp3) is 0.476. The fourth-order valence-electron chi connectivity index (χ4n) is 3.21. The van der Waals surface area contributed by atoms with Crippen LogP contribution in [0.2, 0.25) is 0 Å². The van der Waals surface area contributed by atoms with E-state index in [1.54, 1.807) is 31.2 Å². The molecule has 0 atom stereocenters. The molecule has 3 rings (SSSR count). The lowest BCUT2D eigenvalue weighted by atomic mass is 9.99. The second-order valence-corrected chi connectivity index (χ2v) is 7.13. The van der Waals surface area contributed by atoms with E-state index < -0.39 is 0 Å². The monoisotopic (exact) mass is 385 g/mol. The number of oxazole rings is 1. The summed E-state index contributed by atoms with van der Waals surface area (Å²) in [6.07, 6.45) is 2.02. The van der Waals surface area contributed by atoms with E-state index in [2.05, 4.69) is 17.2 Å². The van der Waals surface area contributed by atoms with Gasteiger partial charge in [-0.3, -0.25) is 9.59 Å². The Morgan fingerprint density at radius 2 is 1.93 bits per heavy atom. The van der Waals surface area contributed by atoms with Gasteiger partial charge in [-0.05, 0) is 56.9 Å². The van der Waals surface area contributed by atoms with Gasteiger partial charge in [0.1, 0.15) is 11.5 Å². The standard InChI is InChI=1S/C21H27N3O4/c1-4-27-17-7-5-16(6-8-17)20(25)22-13-18-23-19(15(3)28-18)21(26)24-11-9-14(2)10-12-24/h5-8,14H,4,9-13H2,1-3H3,(H,22,25). The third kappa shape index (κ3) is 4.71. The minimum absolute atomic E-state index is 0.0998. The van der Waals surface area contributed by atoms with E-state index in [1.165, 1.54) is 0 Å². The van der Waals surface area contributed by atoms with Crippen LogP contribution in [0.5, 0.6) is 5.75 Å². The van der Waals surface area contributed by atoms with Crippen molar-refractivity contribution in [1.29, 1.82) is 0 Å². The number of ether oxygens (including phenoxy) is 1. The molecular formula is C21H27N3O4. The molecular weight excluding hydrogens is 358 g/mol. The number of benzene rings is 1. The van der Waals surface area contributed by atoms with Crippen LogP contribution in [0.15, 0.2) is 28.7 Å². The summed E-state index contributed by atoms with van der Waals surface area (Å²) in [6.45, 7) is 8.03. The van der Waals surface area contributed by atoms with Crippen LogP contribution in [0, 0.1) is 12.8 Å². The Balaban J connectivity index is 1.58. The van der Waals surface area contributed by atoms with E-state index in [-0.39, 0.29) is 18.4 Å². The van der Waals surface area contributed by atoms with E-state index in [9.17, 15) is 9.59 Å². The normalized spacial score (nSPS) is 14.8. The van der Waals surface area contributed by atoms with Gasteiger partial charge < -0.3 is 19.4 Å². The van der Waals surface area contributed by atoms with Crippen molar-refractivity contribution in [2.75, 3.05) is 19.7 Å². The molecule has 1 aromatic carbocycles. The average molecular weight is 385 g/mol. The number of nitrogens with zero attached hydrogens (tertiary/aromatic N) is 2. The van der Waals surface area contributed by atoms with Gasteiger partial charge in [0.15, 0.2) is 5.69 Å². The third-order valence-electron chi connectivity index (χ3n) is 4.94. The van der Waals surface area contributed by atoms with E-state index >= 15 is 0 Å². The number of hydrogen-bond donors (Lipinski definition) is 1. The number of carbonyl (C=O) groups is 2. The highest BCUT2D eigenvalue weighted by molar-refractivity contribution is 5.94. The summed E-state index contributed by atoms with van der Waals surface area (Å²) < 4.78 is 11.0. The predicted molar refractivity (Wildman–Crippen MR) is 104 cm³/mol. The van der Waals surface area contributed by atoms with Crippen LogP contribution in [0.3, 0.4) is 0 Å². The SMILES string of the molecule is CCOc1ccc(C(=O)NCc2nc(C(=O)N3CCC(C)CC3)c(C)o2)cc1. The number of likely N-dealkylation sites (tertiary alicyclic amines) is 1. The highest BCUT2D eigenvalue weighted by Gasteiger charge is 2.26. The summed E-state index contributed by atoms with van der Waals surface area (Å²) in [6, 6.07) is 6.91. The Morgan fingerprint density at radius 1 is 1.25 bits per heavy atom. The highest BCUT2D eigenvalue weighted by atomic mass is 16.5. The number of aromatic nitrogens is 1. The van der Waals surface area contributed by atoms with Crippen LogP contribution in [0.1, 0.15) is 59.2 Å². The van der Waals surface area contributed by atoms with Gasteiger partial charge in [-0.2, -0.15) is 0 Å². The molecule has 0 radical (unpaired) electrons. The molecule has 1 N–H and O–H groups in total. The lowest BCUT2D eigenvalue weighted by molar-refractivity contribution is 0.0690. The molecule has 0 unspecified atom stereocenters. The Hall–Kier alpha value is -2.83. The minimum atomic E-state index is -0.239. The Bertz CT molecular complexity index is 821. The zero-order chi connectivity index (χ0) is 20.1. The third-order valence-corrected chi connectivity index (χ3v) is 4.94. The van der Waals surface area contributed by atoms with Crippen molar-refractivity contribution >= 4 is 11.8 Å². The smallest absolute Gasteiger partial charge is 0.276 e. The van der Waals surface area contributed by atoms with Crippen molar-refractivity contribution in [1.82, 2.24) is 15.2 Å². The molecule has 2 aromatic rings. The number of aryl methyl sites for hydroxylation is 1. The van der Waals surface area contributed by atoms with E-state index in [0.717, 1.165) is 31.7 Å². The first kappa shape index (κ1) is 19.9. The predicted octanol–water partition coefficient (Wildman–Crippen LogP) is 3.18. The summed E-state index contributed by atoms with van der Waals surface area (Å²) in [4.78, 5) is 31.1. The number of amides is 2. The van der Waals surface area contributed by atoms with Gasteiger partial charge in [-0.15, -0.1) is 0 Å². The lowest BCUT2D eigenvalue weighted by Crippen LogP contribution is -2.38. The number of nitrogens with one attached hydrogen (secondary N) is 1. The molecule has 7 heteroatoms. The van der Waals surface area contributed by atoms with Crippen LogP contribution < -0.4 is 10.1 Å². The molecule has 2 heterocycles. The van der Waals surface area contributed by atoms with Gasteiger partial charge in [0.25, 0.3) is 11.8 Å². The number of rotatable bonds is 6. The van der Waals surface area contributed by atoms with Crippen molar-refractivity contribution in [3.63, 3.8) is 0 Å². The van der Waals surface area contributed by atoms with Crippen LogP contribution in [-0.4, -0.2) is 41.4 Å². The molecule has 0 saturated carbocycles. The number of piperidine rings is 1. The summed E-state index contributed by atoms with van der Waals surface area (Å²) in [5.41, 5.74) is 0.852. The maximum absolute atomic E-state index is 12.7. The molecule has 28 heavy (non-hydrogen) atoms. The van der Waals surface area contributed by atoms with E-state index in [1.807, 2.05) is 11.8 Å². The molecule has 0 spiro atoms. The molecule has 150 valence electrons. The van der Waals surface area contributed by atoms with Crippen LogP contribution in [0.4, 0.5) is 0 Å². The van der Waals surface area contributed by atoms with Crippen molar-refractivity contribution in [3.05, 3.63) is 47.2 Å². The molecule has 0 aliphatic carbocycles. The van der Waals surface area contributed by atoms with Crippen molar-refractivity contribution < 1.29 is 18.7 Å². The molecule has 1 aromatic heterocycles. The van der Waals surface area contributed by atoms with Gasteiger partial charge >= 0.3 is 0 Å². The van der Waals surface area contributed by atoms with Crippen molar-refractivity contribution in [2.24, 2.45) is 5.92 Å². The van der Waals surface area contributed by atoms with Crippen LogP contribution >= 0.6 is 0 Å². The molecule has 7 nitrogen and oxygen atoms in total. The molecule has 1 aliphatic heterocycles. The lowest BCUT2D eigenvalue weighted by Gasteiger charge is -2.29. The first-order valence-electron chi connectivity index (χ1n) is 9.74. The van der Waals surface area contributed by atoms with Crippen molar-refractivity contribution in [3.8, 4) is 5.75 Å². The number of hydrogen-bond acceptors (Lipinski definition) is 5. The Morgan fingerprint density at radius 3 is 2.57 bits per heavy atom. The quantitative estimate of drug-likeness (QED) is 0.825. The van der Waals surface area contributed by atoms with Crippen LogP contribution in [0.25, 0.3) is 0 Å². The first-order chi connectivity index (χ1) is 13.5. The fourth-order valence-corrected chi connectivity index (χ4v) is 3.21. The average Bonchev–Trinajstić information content (AvgIpc) is 3.07. The van der Waals surface area contributed by atoms with Gasteiger partial charge in [-0.25, -0.2) is 4.98 Å². The van der Waals surface area contributed by atoms with Gasteiger partial charge in [0, 0.05) is 18.7 Å². The maximum atomic E-state index is 12.7.